The molecule has 0 N–H and O–H groups in total. The van der Waals surface area contributed by atoms with E-state index in [1.807, 2.05) is 12.3 Å². The van der Waals surface area contributed by atoms with E-state index in [2.05, 4.69) is 101 Å². The molecular weight excluding hydrogens is 714 g/mol. The largest absolute Gasteiger partial charge is 2.00 e. The zero-order valence-corrected chi connectivity index (χ0v) is 27.9. The molecule has 0 radical (unpaired) electrons. The average molecular weight is 751 g/mol. The molecule has 0 unspecified atom stereocenters. The summed E-state index contributed by atoms with van der Waals surface area (Å²) >= 11 is 0. The van der Waals surface area contributed by atoms with Crippen LogP contribution in [-0.4, -0.2) is 27.6 Å². The van der Waals surface area contributed by atoms with E-state index in [-0.39, 0.29) is 38.6 Å². The van der Waals surface area contributed by atoms with Crippen molar-refractivity contribution in [3.8, 4) is 17.3 Å². The van der Waals surface area contributed by atoms with E-state index in [0.717, 1.165) is 51.8 Å². The van der Waals surface area contributed by atoms with Crippen LogP contribution in [0.3, 0.4) is 0 Å². The van der Waals surface area contributed by atoms with Crippen LogP contribution in [0.25, 0.3) is 27.6 Å². The molecule has 7 rings (SSSR count). The number of aliphatic imine (C=N–C) groups is 1. The molecule has 1 saturated carbocycles. The number of nitrogens with zero attached hydrogens (tertiary/aromatic N) is 3. The van der Waals surface area contributed by atoms with Crippen LogP contribution in [-0.2, 0) is 31.2 Å². The van der Waals surface area contributed by atoms with Crippen molar-refractivity contribution < 1.29 is 30.5 Å². The summed E-state index contributed by atoms with van der Waals surface area (Å²) in [5, 5.41) is 2.29. The fraction of sp³-hybridized carbons (Fsp3) is 0.351. The Morgan fingerprint density at radius 2 is 1.72 bits per heavy atom. The summed E-state index contributed by atoms with van der Waals surface area (Å²) in [4.78, 5) is 9.76. The molecule has 2 aliphatic rings. The molecule has 1 aliphatic carbocycles. The van der Waals surface area contributed by atoms with Crippen LogP contribution in [0, 0.1) is 32.9 Å². The van der Waals surface area contributed by atoms with Gasteiger partial charge in [-0.2, -0.15) is 6.07 Å². The summed E-state index contributed by atoms with van der Waals surface area (Å²) in [6, 6.07) is 24.5. The summed E-state index contributed by atoms with van der Waals surface area (Å²) in [7, 11) is 0. The number of aromatic nitrogens is 2. The number of fused-ring (bicyclic) bond motifs is 4. The molecule has 2 aromatic heterocycles. The maximum Gasteiger partial charge on any atom is 2.00 e. The maximum absolute atomic E-state index is 6.52. The second-order valence-electron chi connectivity index (χ2n) is 13.0. The van der Waals surface area contributed by atoms with Gasteiger partial charge in [-0.25, -0.2) is 4.98 Å². The van der Waals surface area contributed by atoms with Gasteiger partial charge in [0.15, 0.2) is 0 Å². The standard InChI is InChI=1S/C37H37N3O2.Pt/c1-22-11-14-31-29(17-22)27-13-12-26(20-32(27)40(31)35-19-25(15-16-38-35)37(4,5)6)41-34-21-28(23(2)18-24(34)3)36-39-30-9-7-8-10-33(30)42-36;/h11-19,30,33H,7-10H2,1-6H3;/q-2;+2/t30-,33-;/m0./s1. The molecule has 0 amide bonds. The van der Waals surface area contributed by atoms with Crippen LogP contribution in [0.5, 0.6) is 11.5 Å². The molecule has 6 heteroatoms. The number of pyridine rings is 1. The number of rotatable bonds is 4. The first-order valence-corrected chi connectivity index (χ1v) is 15.1. The molecule has 5 nitrogen and oxygen atoms in total. The topological polar surface area (TPSA) is 48.6 Å². The van der Waals surface area contributed by atoms with Gasteiger partial charge in [-0.05, 0) is 60.7 Å². The van der Waals surface area contributed by atoms with Gasteiger partial charge in [-0.3, -0.25) is 4.99 Å². The van der Waals surface area contributed by atoms with E-state index in [9.17, 15) is 0 Å². The third kappa shape index (κ3) is 5.42. The maximum atomic E-state index is 6.52. The third-order valence-electron chi connectivity index (χ3n) is 8.71. The zero-order valence-electron chi connectivity index (χ0n) is 25.7. The zero-order chi connectivity index (χ0) is 29.2. The van der Waals surface area contributed by atoms with E-state index in [1.165, 1.54) is 29.4 Å². The van der Waals surface area contributed by atoms with Gasteiger partial charge in [0, 0.05) is 23.2 Å². The fourth-order valence-electron chi connectivity index (χ4n) is 6.36. The van der Waals surface area contributed by atoms with E-state index < -0.39 is 0 Å². The van der Waals surface area contributed by atoms with Crippen LogP contribution in [0.4, 0.5) is 0 Å². The Morgan fingerprint density at radius 1 is 0.907 bits per heavy atom. The summed E-state index contributed by atoms with van der Waals surface area (Å²) in [6.45, 7) is 13.0. The van der Waals surface area contributed by atoms with E-state index in [4.69, 9.17) is 19.5 Å². The molecule has 5 aromatic rings. The molecule has 222 valence electrons. The molecule has 2 atom stereocenters. The first-order valence-electron chi connectivity index (χ1n) is 15.1. The molecule has 1 aliphatic heterocycles. The predicted octanol–water partition coefficient (Wildman–Crippen LogP) is 8.88. The van der Waals surface area contributed by atoms with Crippen LogP contribution >= 0.6 is 0 Å². The molecule has 3 heterocycles. The minimum Gasteiger partial charge on any atom is -0.515 e. The van der Waals surface area contributed by atoms with Crippen molar-refractivity contribution in [1.29, 1.82) is 0 Å². The minimum atomic E-state index is 0. The van der Waals surface area contributed by atoms with Crippen LogP contribution < -0.4 is 4.74 Å². The van der Waals surface area contributed by atoms with Crippen LogP contribution in [0.2, 0.25) is 0 Å². The van der Waals surface area contributed by atoms with Crippen molar-refractivity contribution in [3.63, 3.8) is 0 Å². The van der Waals surface area contributed by atoms with Gasteiger partial charge in [0.1, 0.15) is 17.8 Å². The number of hydrogen-bond donors (Lipinski definition) is 0. The average Bonchev–Trinajstić information content (AvgIpc) is 3.53. The predicted molar refractivity (Wildman–Crippen MR) is 169 cm³/mol. The van der Waals surface area contributed by atoms with Gasteiger partial charge in [0.2, 0.25) is 0 Å². The van der Waals surface area contributed by atoms with E-state index in [0.29, 0.717) is 17.4 Å². The Labute approximate surface area is 268 Å². The molecular formula is C37H37N3O2Pt. The smallest absolute Gasteiger partial charge is 0.515 e. The number of aryl methyl sites for hydroxylation is 3. The van der Waals surface area contributed by atoms with Gasteiger partial charge in [-0.1, -0.05) is 81.4 Å². The monoisotopic (exact) mass is 750 g/mol. The van der Waals surface area contributed by atoms with Crippen LogP contribution in [0.15, 0.2) is 59.7 Å². The second-order valence-corrected chi connectivity index (χ2v) is 13.0. The Bertz CT molecular complexity index is 1880. The minimum absolute atomic E-state index is 0. The number of benzene rings is 3. The summed E-state index contributed by atoms with van der Waals surface area (Å²) in [6.07, 6.45) is 6.69. The Balaban J connectivity index is 0.00000329. The Kier molecular flexibility index (Phi) is 7.75. The number of hydrogen-bond acceptors (Lipinski definition) is 4. The second kappa shape index (κ2) is 11.2. The summed E-state index contributed by atoms with van der Waals surface area (Å²) in [5.41, 5.74) is 7.48. The molecule has 0 spiro atoms. The fourth-order valence-corrected chi connectivity index (χ4v) is 6.36. The number of ether oxygens (including phenoxy) is 2. The molecule has 0 bridgehead atoms. The van der Waals surface area contributed by atoms with E-state index >= 15 is 0 Å². The first kappa shape index (κ1) is 29.6. The quantitative estimate of drug-likeness (QED) is 0.173. The van der Waals surface area contributed by atoms with Gasteiger partial charge >= 0.3 is 21.1 Å². The SMILES string of the molecule is Cc1ccc2c(c1)c1ccc(Oc3[c-]c(C4=N[C@H]5CCCC[C@@H]5O4)c(C)cc3C)[c-]c1n2-c1cc(C(C)(C)C)ccn1.[Pt+2]. The molecule has 3 aromatic carbocycles. The molecule has 43 heavy (non-hydrogen) atoms. The van der Waals surface area contributed by atoms with Crippen LogP contribution in [0.1, 0.15) is 74.3 Å². The third-order valence-corrected chi connectivity index (χ3v) is 8.71. The summed E-state index contributed by atoms with van der Waals surface area (Å²) in [5.74, 6) is 2.87. The van der Waals surface area contributed by atoms with Crippen molar-refractivity contribution in [1.82, 2.24) is 9.55 Å². The Morgan fingerprint density at radius 3 is 2.51 bits per heavy atom. The van der Waals surface area contributed by atoms with Gasteiger partial charge in [-0.15, -0.1) is 29.1 Å². The van der Waals surface area contributed by atoms with Crippen molar-refractivity contribution in [2.24, 2.45) is 4.99 Å². The van der Waals surface area contributed by atoms with E-state index in [1.54, 1.807) is 0 Å². The van der Waals surface area contributed by atoms with Gasteiger partial charge in [0.25, 0.3) is 0 Å². The summed E-state index contributed by atoms with van der Waals surface area (Å²) < 4.78 is 15.0. The molecule has 0 saturated heterocycles. The normalized spacial score (nSPS) is 18.2. The molecule has 1 fully saturated rings. The first-order chi connectivity index (χ1) is 20.2. The van der Waals surface area contributed by atoms with Crippen molar-refractivity contribution >= 4 is 27.7 Å². The van der Waals surface area contributed by atoms with Crippen molar-refractivity contribution in [3.05, 3.63) is 94.7 Å². The van der Waals surface area contributed by atoms with Gasteiger partial charge in [0.05, 0.1) is 6.04 Å². The van der Waals surface area contributed by atoms with Gasteiger partial charge < -0.3 is 14.0 Å². The Hall–Kier alpha value is -3.43. The van der Waals surface area contributed by atoms with Crippen molar-refractivity contribution in [2.45, 2.75) is 84.8 Å². The van der Waals surface area contributed by atoms with Crippen molar-refractivity contribution in [2.75, 3.05) is 0 Å².